The minimum atomic E-state index is -0.198. The summed E-state index contributed by atoms with van der Waals surface area (Å²) in [5, 5.41) is 0. The van der Waals surface area contributed by atoms with Gasteiger partial charge in [-0.05, 0) is 18.2 Å². The first kappa shape index (κ1) is 12.6. The minimum absolute atomic E-state index is 0.198. The molecule has 3 rings (SSSR count). The summed E-state index contributed by atoms with van der Waals surface area (Å²) in [6, 6.07) is 10.6. The molecule has 5 heteroatoms. The average Bonchev–Trinajstić information content (AvgIpc) is 2.79. The first-order valence-corrected chi connectivity index (χ1v) is 6.39. The Morgan fingerprint density at radius 2 is 2.00 bits per heavy atom. The predicted octanol–water partition coefficient (Wildman–Crippen LogP) is 2.74. The molecule has 2 aromatic heterocycles. The maximum absolute atomic E-state index is 13.7. The number of imidazole rings is 1. The number of pyridine rings is 1. The van der Waals surface area contributed by atoms with Crippen LogP contribution in [0.4, 0.5) is 10.3 Å². The predicted molar refractivity (Wildman–Crippen MR) is 77.0 cm³/mol. The second-order valence-corrected chi connectivity index (χ2v) is 4.76. The van der Waals surface area contributed by atoms with Gasteiger partial charge in [-0.15, -0.1) is 0 Å². The molecular formula is C15H15FN4. The van der Waals surface area contributed by atoms with E-state index in [4.69, 9.17) is 0 Å². The molecule has 0 saturated heterocycles. The lowest BCUT2D eigenvalue weighted by atomic mass is 10.2. The normalized spacial score (nSPS) is 10.9. The lowest BCUT2D eigenvalue weighted by molar-refractivity contribution is 0.606. The topological polar surface area (TPSA) is 34.0 Å². The Morgan fingerprint density at radius 3 is 2.75 bits per heavy atom. The zero-order chi connectivity index (χ0) is 14.1. The van der Waals surface area contributed by atoms with Crippen molar-refractivity contribution in [3.63, 3.8) is 0 Å². The second kappa shape index (κ2) is 4.92. The molecule has 0 aliphatic heterocycles. The summed E-state index contributed by atoms with van der Waals surface area (Å²) in [5.41, 5.74) is 2.31. The summed E-state index contributed by atoms with van der Waals surface area (Å²) >= 11 is 0. The van der Waals surface area contributed by atoms with E-state index in [9.17, 15) is 4.39 Å². The summed E-state index contributed by atoms with van der Waals surface area (Å²) in [7, 11) is 3.81. The number of fused-ring (bicyclic) bond motifs is 1. The summed E-state index contributed by atoms with van der Waals surface area (Å²) in [6.45, 7) is 0.462. The van der Waals surface area contributed by atoms with Gasteiger partial charge in [0.2, 0.25) is 5.95 Å². The molecule has 0 aliphatic rings. The van der Waals surface area contributed by atoms with Gasteiger partial charge in [0.15, 0.2) is 5.65 Å². The van der Waals surface area contributed by atoms with Crippen molar-refractivity contribution in [2.75, 3.05) is 11.9 Å². The first-order valence-electron chi connectivity index (χ1n) is 6.39. The SMILES string of the molecule is CN(Cc1ccccc1F)c1nc2cccnc2n1C. The molecule has 0 atom stereocenters. The quantitative estimate of drug-likeness (QED) is 0.734. The van der Waals surface area contributed by atoms with Crippen molar-refractivity contribution >= 4 is 17.1 Å². The largest absolute Gasteiger partial charge is 0.341 e. The molecule has 20 heavy (non-hydrogen) atoms. The molecule has 0 unspecified atom stereocenters. The standard InChI is InChI=1S/C15H15FN4/c1-19(10-11-6-3-4-7-12(11)16)15-18-13-8-5-9-17-14(13)20(15)2/h3-9H,10H2,1-2H3. The molecule has 0 radical (unpaired) electrons. The minimum Gasteiger partial charge on any atom is -0.341 e. The fourth-order valence-electron chi connectivity index (χ4n) is 2.31. The van der Waals surface area contributed by atoms with Gasteiger partial charge in [0.05, 0.1) is 0 Å². The summed E-state index contributed by atoms with van der Waals surface area (Å²) in [4.78, 5) is 10.8. The molecule has 0 fully saturated rings. The van der Waals surface area contributed by atoms with Gasteiger partial charge in [-0.2, -0.15) is 0 Å². The lowest BCUT2D eigenvalue weighted by Gasteiger charge is -2.18. The second-order valence-electron chi connectivity index (χ2n) is 4.76. The Bertz CT molecular complexity index is 750. The van der Waals surface area contributed by atoms with Crippen LogP contribution in [-0.4, -0.2) is 21.6 Å². The van der Waals surface area contributed by atoms with Crippen molar-refractivity contribution in [1.82, 2.24) is 14.5 Å². The Balaban J connectivity index is 1.95. The van der Waals surface area contributed by atoms with Crippen LogP contribution in [0.25, 0.3) is 11.2 Å². The summed E-state index contributed by atoms with van der Waals surface area (Å²) in [6.07, 6.45) is 1.74. The molecule has 3 aromatic rings. The monoisotopic (exact) mass is 270 g/mol. The van der Waals surface area contributed by atoms with Crippen LogP contribution in [0.1, 0.15) is 5.56 Å². The number of nitrogens with zero attached hydrogens (tertiary/aromatic N) is 4. The summed E-state index contributed by atoms with van der Waals surface area (Å²) < 4.78 is 15.6. The van der Waals surface area contributed by atoms with E-state index in [1.807, 2.05) is 41.8 Å². The fourth-order valence-corrected chi connectivity index (χ4v) is 2.31. The third kappa shape index (κ3) is 2.11. The van der Waals surface area contributed by atoms with Gasteiger partial charge in [-0.3, -0.25) is 4.57 Å². The van der Waals surface area contributed by atoms with Gasteiger partial charge in [0.1, 0.15) is 11.3 Å². The van der Waals surface area contributed by atoms with Gasteiger partial charge in [0, 0.05) is 32.4 Å². The highest BCUT2D eigenvalue weighted by molar-refractivity contribution is 5.74. The van der Waals surface area contributed by atoms with E-state index in [1.165, 1.54) is 6.07 Å². The van der Waals surface area contributed by atoms with Gasteiger partial charge in [-0.25, -0.2) is 14.4 Å². The zero-order valence-electron chi connectivity index (χ0n) is 11.4. The molecule has 0 amide bonds. The molecule has 0 bridgehead atoms. The molecule has 0 aliphatic carbocycles. The van der Waals surface area contributed by atoms with Crippen LogP contribution >= 0.6 is 0 Å². The number of hydrogen-bond donors (Lipinski definition) is 0. The Morgan fingerprint density at radius 1 is 1.20 bits per heavy atom. The van der Waals surface area contributed by atoms with Crippen molar-refractivity contribution in [3.05, 3.63) is 54.0 Å². The molecular weight excluding hydrogens is 255 g/mol. The van der Waals surface area contributed by atoms with E-state index >= 15 is 0 Å². The van der Waals surface area contributed by atoms with Crippen molar-refractivity contribution in [2.24, 2.45) is 7.05 Å². The van der Waals surface area contributed by atoms with Crippen LogP contribution in [0.5, 0.6) is 0 Å². The lowest BCUT2D eigenvalue weighted by Crippen LogP contribution is -2.20. The van der Waals surface area contributed by atoms with Crippen molar-refractivity contribution < 1.29 is 4.39 Å². The van der Waals surface area contributed by atoms with Crippen molar-refractivity contribution in [2.45, 2.75) is 6.54 Å². The molecule has 0 spiro atoms. The van der Waals surface area contributed by atoms with Gasteiger partial charge < -0.3 is 4.90 Å². The van der Waals surface area contributed by atoms with Crippen molar-refractivity contribution in [1.29, 1.82) is 0 Å². The van der Waals surface area contributed by atoms with Gasteiger partial charge in [-0.1, -0.05) is 18.2 Å². The van der Waals surface area contributed by atoms with E-state index in [0.29, 0.717) is 12.1 Å². The number of rotatable bonds is 3. The number of hydrogen-bond acceptors (Lipinski definition) is 3. The van der Waals surface area contributed by atoms with Crippen LogP contribution in [0.3, 0.4) is 0 Å². The third-order valence-electron chi connectivity index (χ3n) is 3.31. The van der Waals surface area contributed by atoms with E-state index < -0.39 is 0 Å². The van der Waals surface area contributed by atoms with E-state index in [0.717, 1.165) is 17.1 Å². The Kier molecular flexibility index (Phi) is 3.10. The first-order chi connectivity index (χ1) is 9.66. The van der Waals surface area contributed by atoms with Crippen LogP contribution in [0.15, 0.2) is 42.6 Å². The van der Waals surface area contributed by atoms with E-state index in [-0.39, 0.29) is 5.82 Å². The molecule has 0 saturated carbocycles. The van der Waals surface area contributed by atoms with Crippen LogP contribution in [0, 0.1) is 5.82 Å². The van der Waals surface area contributed by atoms with Crippen LogP contribution in [-0.2, 0) is 13.6 Å². The van der Waals surface area contributed by atoms with Crippen molar-refractivity contribution in [3.8, 4) is 0 Å². The number of aryl methyl sites for hydroxylation is 1. The van der Waals surface area contributed by atoms with Crippen LogP contribution < -0.4 is 4.90 Å². The Hall–Kier alpha value is -2.43. The maximum Gasteiger partial charge on any atom is 0.207 e. The highest BCUT2D eigenvalue weighted by Gasteiger charge is 2.13. The number of benzene rings is 1. The molecule has 4 nitrogen and oxygen atoms in total. The summed E-state index contributed by atoms with van der Waals surface area (Å²) in [5.74, 6) is 0.568. The number of anilines is 1. The number of aromatic nitrogens is 3. The highest BCUT2D eigenvalue weighted by atomic mass is 19.1. The molecule has 102 valence electrons. The molecule has 1 aromatic carbocycles. The number of halogens is 1. The van der Waals surface area contributed by atoms with Gasteiger partial charge >= 0.3 is 0 Å². The average molecular weight is 270 g/mol. The molecule has 2 heterocycles. The fraction of sp³-hybridized carbons (Fsp3) is 0.200. The zero-order valence-corrected chi connectivity index (χ0v) is 11.4. The maximum atomic E-state index is 13.7. The Labute approximate surface area is 116 Å². The highest BCUT2D eigenvalue weighted by Crippen LogP contribution is 2.20. The van der Waals surface area contributed by atoms with E-state index in [1.54, 1.807) is 18.3 Å². The third-order valence-corrected chi connectivity index (χ3v) is 3.31. The van der Waals surface area contributed by atoms with Gasteiger partial charge in [0.25, 0.3) is 0 Å². The molecule has 0 N–H and O–H groups in total. The van der Waals surface area contributed by atoms with Crippen LogP contribution in [0.2, 0.25) is 0 Å². The van der Waals surface area contributed by atoms with E-state index in [2.05, 4.69) is 9.97 Å². The smallest absolute Gasteiger partial charge is 0.207 e.